The van der Waals surface area contributed by atoms with Gasteiger partial charge >= 0.3 is 5.97 Å². The van der Waals surface area contributed by atoms with Crippen LogP contribution in [0.25, 0.3) is 0 Å². The van der Waals surface area contributed by atoms with Gasteiger partial charge in [0.25, 0.3) is 0 Å². The maximum absolute atomic E-state index is 14.4. The van der Waals surface area contributed by atoms with Crippen molar-refractivity contribution in [2.45, 2.75) is 138 Å². The zero-order valence-corrected chi connectivity index (χ0v) is 43.5. The summed E-state index contributed by atoms with van der Waals surface area (Å²) in [4.78, 5) is 127. The van der Waals surface area contributed by atoms with E-state index in [2.05, 4.69) is 42.2 Å². The number of nitrogens with zero attached hydrogens (tertiary/aromatic N) is 2. The van der Waals surface area contributed by atoms with E-state index in [0.29, 0.717) is 38.6 Å². The highest BCUT2D eigenvalue weighted by atomic mass is 19.1. The fraction of sp³-hybridized carbons (Fsp3) is 0.625. The van der Waals surface area contributed by atoms with Crippen LogP contribution in [-0.4, -0.2) is 175 Å². The number of carboxylic acid groups (broad SMARTS) is 1. The molecule has 0 aromatic heterocycles. The van der Waals surface area contributed by atoms with Crippen molar-refractivity contribution in [2.24, 2.45) is 50.9 Å². The Hall–Kier alpha value is -6.89. The Bertz CT molecular complexity index is 2170. The van der Waals surface area contributed by atoms with Crippen molar-refractivity contribution in [3.63, 3.8) is 0 Å². The van der Waals surface area contributed by atoms with Gasteiger partial charge < -0.3 is 98.2 Å². The first-order valence-electron chi connectivity index (χ1n) is 25.8. The van der Waals surface area contributed by atoms with Crippen molar-refractivity contribution in [3.8, 4) is 0 Å². The summed E-state index contributed by atoms with van der Waals surface area (Å²) in [6.07, 6.45) is 2.43. The molecule has 0 aliphatic carbocycles. The number of carbonyl (C=O) groups is 9. The largest absolute Gasteiger partial charge is 0.477 e. The van der Waals surface area contributed by atoms with Crippen LogP contribution in [0.4, 0.5) is 4.39 Å². The van der Waals surface area contributed by atoms with E-state index in [9.17, 15) is 57.8 Å². The number of aliphatic hydroxyl groups excluding tert-OH is 1. The molecule has 28 nitrogen and oxygen atoms in total. The van der Waals surface area contributed by atoms with E-state index in [1.54, 1.807) is 0 Å². The normalized spacial score (nSPS) is 16.0. The predicted molar refractivity (Wildman–Crippen MR) is 282 cm³/mol. The Labute approximate surface area is 446 Å². The van der Waals surface area contributed by atoms with E-state index in [0.717, 1.165) is 6.07 Å². The van der Waals surface area contributed by atoms with Gasteiger partial charge in [0.2, 0.25) is 47.3 Å². The predicted octanol–water partition coefficient (Wildman–Crippen LogP) is -5.97. The second kappa shape index (κ2) is 36.2. The zero-order valence-electron chi connectivity index (χ0n) is 43.5. The Morgan fingerprint density at radius 1 is 0.727 bits per heavy atom. The first-order valence-corrected chi connectivity index (χ1v) is 25.8. The lowest BCUT2D eigenvalue weighted by atomic mass is 10.0. The summed E-state index contributed by atoms with van der Waals surface area (Å²) in [5.74, 6) is -9.00. The summed E-state index contributed by atoms with van der Waals surface area (Å²) >= 11 is 0. The average molecular weight is 1090 g/mol. The number of amides is 8. The molecule has 8 atom stereocenters. The molecular formula is C48H82FN17O11. The molecule has 1 aliphatic rings. The van der Waals surface area contributed by atoms with Gasteiger partial charge in [-0.2, -0.15) is 0 Å². The van der Waals surface area contributed by atoms with Crippen LogP contribution >= 0.6 is 0 Å². The summed E-state index contributed by atoms with van der Waals surface area (Å²) in [6.45, 7) is -0.207. The second-order valence-corrected chi connectivity index (χ2v) is 18.4. The molecule has 1 aromatic rings. The molecule has 29 heteroatoms. The third-order valence-corrected chi connectivity index (χ3v) is 12.2. The van der Waals surface area contributed by atoms with Gasteiger partial charge in [-0.15, -0.1) is 0 Å². The van der Waals surface area contributed by atoms with Crippen LogP contribution < -0.4 is 83.1 Å². The van der Waals surface area contributed by atoms with Gasteiger partial charge in [-0.3, -0.25) is 43.3 Å². The van der Waals surface area contributed by atoms with Crippen molar-refractivity contribution in [3.05, 3.63) is 47.4 Å². The molecule has 2 rings (SSSR count). The van der Waals surface area contributed by atoms with Gasteiger partial charge in [0.15, 0.2) is 5.96 Å². The minimum absolute atomic E-state index is 0.000505. The van der Waals surface area contributed by atoms with Gasteiger partial charge in [0.1, 0.15) is 47.8 Å². The van der Waals surface area contributed by atoms with Crippen LogP contribution in [0.2, 0.25) is 0 Å². The van der Waals surface area contributed by atoms with Crippen LogP contribution in [0.5, 0.6) is 0 Å². The van der Waals surface area contributed by atoms with E-state index >= 15 is 0 Å². The van der Waals surface area contributed by atoms with Crippen LogP contribution in [0.15, 0.2) is 41.0 Å². The fourth-order valence-corrected chi connectivity index (χ4v) is 8.07. The molecule has 1 unspecified atom stereocenters. The Morgan fingerprint density at radius 2 is 1.34 bits per heavy atom. The molecule has 1 aliphatic heterocycles. The van der Waals surface area contributed by atoms with E-state index in [4.69, 9.17) is 45.9 Å². The molecule has 1 aromatic carbocycles. The zero-order chi connectivity index (χ0) is 57.5. The molecule has 8 amide bonds. The lowest BCUT2D eigenvalue weighted by Crippen LogP contribution is -2.61. The van der Waals surface area contributed by atoms with Crippen LogP contribution in [0.3, 0.4) is 0 Å². The lowest BCUT2D eigenvalue weighted by Gasteiger charge is -2.30. The van der Waals surface area contributed by atoms with E-state index < -0.39 is 126 Å². The number of nitrogens with two attached hydrogens (primary N) is 8. The topological polar surface area (TPSA) is 502 Å². The number of unbranched alkanes of at least 4 members (excludes halogenated alkanes) is 2. The second-order valence-electron chi connectivity index (χ2n) is 18.4. The number of rotatable bonds is 37. The SMILES string of the molecule is NCCCC[C@H](NC(=O)C(Cc1cccc(F)c1)NC(=O)[C@@H]1CCCN1C(=O)[C@@H](CCCN)NC(=O)CNC(=O)[C@H](CCCN)NC(=O)[C@@H](NC(=O)[C@@H](N)CCCCN)[C@@H](O)CN)C(=O)N/C(=C\CCN=C(N)N)C(=O)O. The van der Waals surface area contributed by atoms with Crippen molar-refractivity contribution in [1.82, 2.24) is 42.1 Å². The van der Waals surface area contributed by atoms with Crippen molar-refractivity contribution < 1.29 is 57.8 Å². The van der Waals surface area contributed by atoms with E-state index in [-0.39, 0.29) is 102 Å². The number of hydrogen-bond donors (Lipinski definition) is 17. The highest BCUT2D eigenvalue weighted by Crippen LogP contribution is 2.21. The monoisotopic (exact) mass is 1090 g/mol. The summed E-state index contributed by atoms with van der Waals surface area (Å²) in [5, 5.41) is 37.8. The number of hydrogen-bond acceptors (Lipinski definition) is 17. The van der Waals surface area contributed by atoms with Crippen molar-refractivity contribution >= 4 is 59.2 Å². The van der Waals surface area contributed by atoms with Crippen molar-refractivity contribution in [1.29, 1.82) is 0 Å². The van der Waals surface area contributed by atoms with Crippen LogP contribution in [-0.2, 0) is 49.6 Å². The molecule has 77 heavy (non-hydrogen) atoms. The summed E-state index contributed by atoms with van der Waals surface area (Å²) in [6, 6.07) is -3.97. The first-order chi connectivity index (χ1) is 36.7. The number of carboxylic acids is 1. The molecule has 0 saturated carbocycles. The Balaban J connectivity index is 2.31. The maximum atomic E-state index is 14.4. The third kappa shape index (κ3) is 24.3. The number of benzene rings is 1. The number of nitrogens with one attached hydrogen (secondary N) is 7. The van der Waals surface area contributed by atoms with Gasteiger partial charge in [-0.05, 0) is 121 Å². The summed E-state index contributed by atoms with van der Waals surface area (Å²) in [5.41, 5.74) is 44.7. The Kier molecular flexibility index (Phi) is 31.1. The standard InChI is InChI=1S/C48H82FN17O11/c49-29-11-5-10-28(24-29)25-35(43(72)61-32(13-2-4-19-51)42(71)63-34(47(76)77)16-8-22-58-48(56)57)64-44(73)36-17-9-23-66(36)46(75)33(15-7-21-53)60-38(68)27-59-41(70)31(14-6-20-52)62-45(74)39(37(67)26-54)65-40(69)30(55)12-1-3-18-50/h5,10-11,16,24,30-33,35-37,39,67H,1-4,6-9,12-15,17-23,25-27,50-55H2,(H,59,70)(H,60,68)(H,61,72)(H,62,74)(H,63,71)(H,64,73)(H,65,69)(H,76,77)(H4,56,57,58)/b34-16-/t30-,31-,32-,33+,35?,36-,37-,39-/m0/s1. The number of aliphatic hydroxyl groups is 1. The molecule has 0 bridgehead atoms. The average Bonchev–Trinajstić information content (AvgIpc) is 3.90. The molecule has 432 valence electrons. The van der Waals surface area contributed by atoms with Gasteiger partial charge in [-0.1, -0.05) is 24.6 Å². The number of guanidine groups is 1. The fourth-order valence-electron chi connectivity index (χ4n) is 8.07. The minimum atomic E-state index is -1.60. The van der Waals surface area contributed by atoms with E-state index in [1.165, 1.54) is 29.2 Å². The van der Waals surface area contributed by atoms with Gasteiger partial charge in [-0.25, -0.2) is 9.18 Å². The summed E-state index contributed by atoms with van der Waals surface area (Å²) in [7, 11) is 0. The smallest absolute Gasteiger partial charge is 0.352 e. The van der Waals surface area contributed by atoms with Gasteiger partial charge in [0, 0.05) is 26.1 Å². The molecule has 1 saturated heterocycles. The highest BCUT2D eigenvalue weighted by Gasteiger charge is 2.40. The molecule has 0 radical (unpaired) electrons. The van der Waals surface area contributed by atoms with Gasteiger partial charge in [0.05, 0.1) is 18.7 Å². The third-order valence-electron chi connectivity index (χ3n) is 12.2. The number of aliphatic carboxylic acids is 1. The van der Waals surface area contributed by atoms with Crippen LogP contribution in [0.1, 0.15) is 89.0 Å². The summed E-state index contributed by atoms with van der Waals surface area (Å²) < 4.78 is 14.4. The van der Waals surface area contributed by atoms with Crippen molar-refractivity contribution in [2.75, 3.05) is 52.4 Å². The van der Waals surface area contributed by atoms with E-state index in [1.807, 2.05) is 0 Å². The maximum Gasteiger partial charge on any atom is 0.352 e. The number of carbonyl (C=O) groups excluding carboxylic acids is 8. The molecule has 25 N–H and O–H groups in total. The number of likely N-dealkylation sites (tertiary alicyclic amines) is 1. The van der Waals surface area contributed by atoms with Crippen LogP contribution in [0, 0.1) is 5.82 Å². The highest BCUT2D eigenvalue weighted by molar-refractivity contribution is 5.99. The lowest BCUT2D eigenvalue weighted by molar-refractivity contribution is -0.142. The molecule has 1 fully saturated rings. The minimum Gasteiger partial charge on any atom is -0.477 e. The Morgan fingerprint density at radius 3 is 1.95 bits per heavy atom. The molecular weight excluding hydrogens is 1010 g/mol. The molecule has 1 heterocycles. The number of halogens is 1. The number of aliphatic imine (C=N–C) groups is 1. The molecule has 0 spiro atoms. The quantitative estimate of drug-likeness (QED) is 0.0128. The first kappa shape index (κ1) is 66.2.